The minimum atomic E-state index is -0.276. The lowest BCUT2D eigenvalue weighted by atomic mass is 10.1. The van der Waals surface area contributed by atoms with Crippen LogP contribution in [0.4, 0.5) is 0 Å². The number of benzene rings is 3. The fraction of sp³-hybridized carbons (Fsp3) is 0.259. The summed E-state index contributed by atoms with van der Waals surface area (Å²) < 4.78 is 10.8. The third-order valence-corrected chi connectivity index (χ3v) is 7.13. The van der Waals surface area contributed by atoms with Gasteiger partial charge in [0.05, 0.1) is 26.0 Å². The molecule has 1 saturated heterocycles. The average molecular weight is 477 g/mol. The van der Waals surface area contributed by atoms with Crippen LogP contribution in [0.25, 0.3) is 0 Å². The molecule has 2 amide bonds. The van der Waals surface area contributed by atoms with Gasteiger partial charge in [0, 0.05) is 17.7 Å². The van der Waals surface area contributed by atoms with Crippen molar-refractivity contribution in [1.29, 1.82) is 0 Å². The Morgan fingerprint density at radius 2 is 1.79 bits per heavy atom. The number of methoxy groups -OCH3 is 2. The quantitative estimate of drug-likeness (QED) is 0.497. The monoisotopic (exact) mass is 476 g/mol. The predicted molar refractivity (Wildman–Crippen MR) is 134 cm³/mol. The van der Waals surface area contributed by atoms with Gasteiger partial charge in [-0.15, -0.1) is 11.8 Å². The number of thioether (sulfide) groups is 1. The highest BCUT2D eigenvalue weighted by molar-refractivity contribution is 8.00. The summed E-state index contributed by atoms with van der Waals surface area (Å²) in [4.78, 5) is 27.3. The summed E-state index contributed by atoms with van der Waals surface area (Å²) in [6.45, 7) is 2.48. The molecule has 1 aliphatic heterocycles. The molecule has 34 heavy (non-hydrogen) atoms. The van der Waals surface area contributed by atoms with Crippen LogP contribution in [0, 0.1) is 0 Å². The number of amides is 2. The molecule has 7 heteroatoms. The standard InChI is InChI=1S/C27H28N2O4S/c1-18(23-15-22(32-2)13-14-24(23)33-3)28-26(31)20-9-11-21(12-10-20)27-29(25(30)17-34-27)16-19-7-5-4-6-8-19/h4-15,18,27H,16-17H2,1-3H3,(H,28,31)/t18-,27+/m1/s1. The van der Waals surface area contributed by atoms with E-state index in [1.54, 1.807) is 26.0 Å². The van der Waals surface area contributed by atoms with E-state index < -0.39 is 0 Å². The van der Waals surface area contributed by atoms with Crippen molar-refractivity contribution in [1.82, 2.24) is 10.2 Å². The van der Waals surface area contributed by atoms with E-state index >= 15 is 0 Å². The first-order valence-corrected chi connectivity index (χ1v) is 12.1. The van der Waals surface area contributed by atoms with Crippen molar-refractivity contribution in [3.05, 3.63) is 95.1 Å². The van der Waals surface area contributed by atoms with E-state index in [4.69, 9.17) is 9.47 Å². The minimum Gasteiger partial charge on any atom is -0.497 e. The molecule has 176 valence electrons. The maximum atomic E-state index is 12.9. The van der Waals surface area contributed by atoms with Crippen LogP contribution in [0.3, 0.4) is 0 Å². The van der Waals surface area contributed by atoms with Gasteiger partial charge in [0.15, 0.2) is 0 Å². The highest BCUT2D eigenvalue weighted by Crippen LogP contribution is 2.39. The Labute approximate surface area is 204 Å². The lowest BCUT2D eigenvalue weighted by molar-refractivity contribution is -0.128. The van der Waals surface area contributed by atoms with Crippen molar-refractivity contribution in [3.8, 4) is 11.5 Å². The van der Waals surface area contributed by atoms with E-state index in [9.17, 15) is 9.59 Å². The number of hydrogen-bond donors (Lipinski definition) is 1. The molecular weight excluding hydrogens is 448 g/mol. The Balaban J connectivity index is 1.46. The second-order valence-corrected chi connectivity index (χ2v) is 9.16. The van der Waals surface area contributed by atoms with Crippen LogP contribution >= 0.6 is 11.8 Å². The third kappa shape index (κ3) is 5.20. The Kier molecular flexibility index (Phi) is 7.43. The van der Waals surface area contributed by atoms with E-state index in [2.05, 4.69) is 5.32 Å². The molecule has 6 nitrogen and oxygen atoms in total. The van der Waals surface area contributed by atoms with Gasteiger partial charge in [0.2, 0.25) is 5.91 Å². The Morgan fingerprint density at radius 1 is 1.06 bits per heavy atom. The molecule has 3 aromatic rings. The second kappa shape index (κ2) is 10.7. The van der Waals surface area contributed by atoms with Crippen molar-refractivity contribution < 1.29 is 19.1 Å². The normalized spacial score (nSPS) is 16.3. The van der Waals surface area contributed by atoms with E-state index in [1.807, 2.05) is 84.6 Å². The first kappa shape index (κ1) is 23.7. The van der Waals surface area contributed by atoms with Crippen molar-refractivity contribution in [2.24, 2.45) is 0 Å². The number of hydrogen-bond acceptors (Lipinski definition) is 5. The molecule has 3 aromatic carbocycles. The van der Waals surface area contributed by atoms with Crippen LogP contribution in [0.1, 0.15) is 45.4 Å². The molecule has 1 fully saturated rings. The third-order valence-electron chi connectivity index (χ3n) is 5.87. The van der Waals surface area contributed by atoms with E-state index in [0.29, 0.717) is 29.4 Å². The van der Waals surface area contributed by atoms with Crippen molar-refractivity contribution in [2.75, 3.05) is 20.0 Å². The fourth-order valence-electron chi connectivity index (χ4n) is 4.02. The topological polar surface area (TPSA) is 67.9 Å². The zero-order chi connectivity index (χ0) is 24.1. The van der Waals surface area contributed by atoms with Gasteiger partial charge in [0.25, 0.3) is 5.91 Å². The van der Waals surface area contributed by atoms with Crippen molar-refractivity contribution in [3.63, 3.8) is 0 Å². The predicted octanol–water partition coefficient (Wildman–Crippen LogP) is 4.97. The van der Waals surface area contributed by atoms with Gasteiger partial charge in [-0.25, -0.2) is 0 Å². The van der Waals surface area contributed by atoms with Crippen LogP contribution in [0.5, 0.6) is 11.5 Å². The molecule has 1 N–H and O–H groups in total. The van der Waals surface area contributed by atoms with E-state index in [0.717, 1.165) is 16.7 Å². The SMILES string of the molecule is COc1ccc(OC)c([C@@H](C)NC(=O)c2ccc([C@@H]3SCC(=O)N3Cc3ccccc3)cc2)c1. The highest BCUT2D eigenvalue weighted by Gasteiger charge is 2.32. The number of nitrogens with one attached hydrogen (secondary N) is 1. The lowest BCUT2D eigenvalue weighted by Crippen LogP contribution is -2.28. The Morgan fingerprint density at radius 3 is 2.47 bits per heavy atom. The molecule has 1 heterocycles. The fourth-order valence-corrected chi connectivity index (χ4v) is 5.20. The molecule has 0 radical (unpaired) electrons. The smallest absolute Gasteiger partial charge is 0.251 e. The molecule has 4 rings (SSSR count). The van der Waals surface area contributed by atoms with Crippen LogP contribution in [-0.4, -0.2) is 36.7 Å². The van der Waals surface area contributed by atoms with Gasteiger partial charge in [-0.05, 0) is 48.4 Å². The number of nitrogens with zero attached hydrogens (tertiary/aromatic N) is 1. The van der Waals surface area contributed by atoms with E-state index in [-0.39, 0.29) is 23.2 Å². The van der Waals surface area contributed by atoms with Crippen LogP contribution < -0.4 is 14.8 Å². The molecule has 0 unspecified atom stereocenters. The molecule has 1 aliphatic rings. The largest absolute Gasteiger partial charge is 0.497 e. The molecule has 0 spiro atoms. The van der Waals surface area contributed by atoms with E-state index in [1.165, 1.54) is 0 Å². The maximum Gasteiger partial charge on any atom is 0.251 e. The summed E-state index contributed by atoms with van der Waals surface area (Å²) in [7, 11) is 3.21. The summed E-state index contributed by atoms with van der Waals surface area (Å²) in [5.41, 5.74) is 3.50. The maximum absolute atomic E-state index is 12.9. The van der Waals surface area contributed by atoms with Gasteiger partial charge < -0.3 is 19.7 Å². The number of ether oxygens (including phenoxy) is 2. The number of carbonyl (C=O) groups is 2. The van der Waals surface area contributed by atoms with Crippen LogP contribution in [0.2, 0.25) is 0 Å². The molecule has 0 bridgehead atoms. The van der Waals surface area contributed by atoms with Gasteiger partial charge in [0.1, 0.15) is 16.9 Å². The van der Waals surface area contributed by atoms with Crippen molar-refractivity contribution >= 4 is 23.6 Å². The van der Waals surface area contributed by atoms with Crippen LogP contribution in [-0.2, 0) is 11.3 Å². The number of carbonyl (C=O) groups excluding carboxylic acids is 2. The molecule has 0 aliphatic carbocycles. The van der Waals surface area contributed by atoms with Gasteiger partial charge in [-0.1, -0.05) is 42.5 Å². The summed E-state index contributed by atoms with van der Waals surface area (Å²) in [6.07, 6.45) is 0. The zero-order valence-electron chi connectivity index (χ0n) is 19.5. The molecular formula is C27H28N2O4S. The first-order chi connectivity index (χ1) is 16.5. The number of rotatable bonds is 8. The molecule has 0 saturated carbocycles. The highest BCUT2D eigenvalue weighted by atomic mass is 32.2. The minimum absolute atomic E-state index is 0.0650. The molecule has 0 aromatic heterocycles. The average Bonchev–Trinajstić information content (AvgIpc) is 3.24. The molecule has 2 atom stereocenters. The summed E-state index contributed by atoms with van der Waals surface area (Å²) in [5.74, 6) is 1.79. The van der Waals surface area contributed by atoms with Crippen molar-refractivity contribution in [2.45, 2.75) is 24.9 Å². The summed E-state index contributed by atoms with van der Waals surface area (Å²) in [6, 6.07) is 22.7. The van der Waals surface area contributed by atoms with Gasteiger partial charge >= 0.3 is 0 Å². The lowest BCUT2D eigenvalue weighted by Gasteiger charge is -2.24. The second-order valence-electron chi connectivity index (χ2n) is 8.10. The Bertz CT molecular complexity index is 1150. The zero-order valence-corrected chi connectivity index (χ0v) is 20.3. The first-order valence-electron chi connectivity index (χ1n) is 11.1. The van der Waals surface area contributed by atoms with Crippen LogP contribution in [0.15, 0.2) is 72.8 Å². The summed E-state index contributed by atoms with van der Waals surface area (Å²) in [5, 5.41) is 2.97. The van der Waals surface area contributed by atoms with Gasteiger partial charge in [-0.3, -0.25) is 9.59 Å². The summed E-state index contributed by atoms with van der Waals surface area (Å²) >= 11 is 1.61. The van der Waals surface area contributed by atoms with Gasteiger partial charge in [-0.2, -0.15) is 0 Å². The Hall–Kier alpha value is -3.45.